The minimum Gasteiger partial charge on any atom is -0.469 e. The molecule has 4 amide bonds. The maximum atomic E-state index is 14.2. The number of benzene rings is 1. The Hall–Kier alpha value is -5.00. The van der Waals surface area contributed by atoms with Crippen LogP contribution in [0.4, 0.5) is 0 Å². The van der Waals surface area contributed by atoms with E-state index in [1.54, 1.807) is 24.7 Å². The topological polar surface area (TPSA) is 263 Å². The average Bonchev–Trinajstić information content (AvgIpc) is 3.99. The van der Waals surface area contributed by atoms with Gasteiger partial charge in [-0.05, 0) is 49.8 Å². The molecule has 0 saturated carbocycles. The lowest BCUT2D eigenvalue weighted by molar-refractivity contribution is -0.138. The van der Waals surface area contributed by atoms with E-state index >= 15 is 0 Å². The molecule has 3 heterocycles. The highest BCUT2D eigenvalue weighted by Gasteiger charge is 2.38. The maximum absolute atomic E-state index is 14.2. The van der Waals surface area contributed by atoms with Crippen LogP contribution in [0.2, 0.25) is 0 Å². The van der Waals surface area contributed by atoms with E-state index in [9.17, 15) is 43.3 Å². The zero-order valence-corrected chi connectivity index (χ0v) is 35.3. The molecule has 0 aliphatic carbocycles. The summed E-state index contributed by atoms with van der Waals surface area (Å²) in [5, 5.41) is 15.7. The molecule has 3 aromatic rings. The Morgan fingerprint density at radius 1 is 1.02 bits per heavy atom. The van der Waals surface area contributed by atoms with Crippen molar-refractivity contribution >= 4 is 43.0 Å². The van der Waals surface area contributed by atoms with Crippen LogP contribution in [-0.2, 0) is 61.8 Å². The van der Waals surface area contributed by atoms with E-state index in [0.29, 0.717) is 37.4 Å². The predicted octanol–water partition coefficient (Wildman–Crippen LogP) is 2.49. The predicted molar refractivity (Wildman–Crippen MR) is 216 cm³/mol. The summed E-state index contributed by atoms with van der Waals surface area (Å²) < 4.78 is 29.8. The molecule has 1 unspecified atom stereocenters. The minimum absolute atomic E-state index is 0.0275. The number of Topliss-reactive ketones (excluding diaryl/α,β-unsaturated/α-hetero) is 2. The van der Waals surface area contributed by atoms with Gasteiger partial charge in [0.25, 0.3) is 0 Å². The van der Waals surface area contributed by atoms with Crippen molar-refractivity contribution in [3.63, 3.8) is 0 Å². The summed E-state index contributed by atoms with van der Waals surface area (Å²) in [6.45, 7) is 6.08. The van der Waals surface area contributed by atoms with Gasteiger partial charge >= 0.3 is 7.82 Å². The zero-order chi connectivity index (χ0) is 44.0. The fourth-order valence-corrected chi connectivity index (χ4v) is 8.12. The number of rotatable bonds is 25. The molecule has 1 aromatic carbocycles. The molecular weight excluding hydrogens is 799 g/mol. The molecule has 7 atom stereocenters. The van der Waals surface area contributed by atoms with E-state index in [2.05, 4.69) is 15.6 Å². The Kier molecular flexibility index (Phi) is 17.9. The number of carbonyl (C=O) groups is 6. The van der Waals surface area contributed by atoms with Crippen molar-refractivity contribution in [2.24, 2.45) is 23.5 Å². The molecule has 19 heteroatoms. The van der Waals surface area contributed by atoms with Crippen molar-refractivity contribution in [2.45, 2.75) is 103 Å². The monoisotopic (exact) mass is 856 g/mol. The number of phosphoric ester groups is 1. The molecule has 1 aliphatic rings. The van der Waals surface area contributed by atoms with Crippen LogP contribution in [0.1, 0.15) is 76.8 Å². The Bertz CT molecular complexity index is 1950. The molecule has 2 aromatic heterocycles. The standard InChI is InChI=1S/C41H57N6O12P/c1-26(2)18-34(44-41(54)36-13-8-15-47(36)28(4)49)37(50)20-30(19-31-22-43-25-46(31)23-29-10-6-5-7-11-29)40(53)45-35(24-48)38(51)21-33(39(42)52)27(3)59-60(55,56)58-17-14-32-12-9-16-57-32/h5-7,9-12,16,22,25-27,30,33-36,48H,8,13-15,17-21,23-24H2,1-4H3,(H2,42,52)(H,44,54)(H,45,53)(H,55,56)/t27-,30-,33+,34+,35+,36+/m1/s1. The van der Waals surface area contributed by atoms with E-state index in [1.807, 2.05) is 48.7 Å². The van der Waals surface area contributed by atoms with E-state index in [-0.39, 0.29) is 44.1 Å². The van der Waals surface area contributed by atoms with Crippen LogP contribution >= 0.6 is 7.82 Å². The highest BCUT2D eigenvalue weighted by atomic mass is 31.2. The third-order valence-electron chi connectivity index (χ3n) is 10.4. The van der Waals surface area contributed by atoms with Crippen LogP contribution in [0.25, 0.3) is 0 Å². The Labute approximate surface area is 349 Å². The summed E-state index contributed by atoms with van der Waals surface area (Å²) in [4.78, 5) is 96.1. The van der Waals surface area contributed by atoms with Gasteiger partial charge in [0.2, 0.25) is 23.6 Å². The van der Waals surface area contributed by atoms with E-state index in [0.717, 1.165) is 5.56 Å². The number of hydrogen-bond acceptors (Lipinski definition) is 12. The maximum Gasteiger partial charge on any atom is 0.472 e. The molecule has 0 radical (unpaired) electrons. The van der Waals surface area contributed by atoms with E-state index in [1.165, 1.54) is 25.0 Å². The third kappa shape index (κ3) is 14.3. The molecule has 0 spiro atoms. The summed E-state index contributed by atoms with van der Waals surface area (Å²) in [7, 11) is -4.74. The molecule has 0 bridgehead atoms. The SMILES string of the molecule is CC(=O)N1CCC[C@H]1C(=O)N[C@@H](CC(C)C)C(=O)C[C@@H](Cc1cncn1Cc1ccccc1)C(=O)N[C@@H](CO)C(=O)C[C@H](C(N)=O)[C@@H](C)OP(=O)(O)OCCc1ccco1. The van der Waals surface area contributed by atoms with Crippen molar-refractivity contribution in [2.75, 3.05) is 19.8 Å². The largest absolute Gasteiger partial charge is 0.472 e. The minimum atomic E-state index is -4.74. The first-order chi connectivity index (χ1) is 28.5. The Balaban J connectivity index is 1.51. The van der Waals surface area contributed by atoms with Crippen LogP contribution in [0, 0.1) is 17.8 Å². The van der Waals surface area contributed by atoms with Gasteiger partial charge in [-0.1, -0.05) is 44.2 Å². The number of nitrogens with zero attached hydrogens (tertiary/aromatic N) is 3. The van der Waals surface area contributed by atoms with Gasteiger partial charge < -0.3 is 40.3 Å². The van der Waals surface area contributed by atoms with Gasteiger partial charge in [-0.15, -0.1) is 0 Å². The molecule has 328 valence electrons. The van der Waals surface area contributed by atoms with Crippen molar-refractivity contribution < 1.29 is 56.8 Å². The summed E-state index contributed by atoms with van der Waals surface area (Å²) >= 11 is 0. The first-order valence-corrected chi connectivity index (χ1v) is 21.5. The molecule has 18 nitrogen and oxygen atoms in total. The van der Waals surface area contributed by atoms with E-state index in [4.69, 9.17) is 19.2 Å². The molecule has 1 fully saturated rings. The smallest absolute Gasteiger partial charge is 0.469 e. The fraction of sp³-hybridized carbons (Fsp3) is 0.537. The summed E-state index contributed by atoms with van der Waals surface area (Å²) in [6.07, 6.45) is 3.56. The Morgan fingerprint density at radius 2 is 1.73 bits per heavy atom. The lowest BCUT2D eigenvalue weighted by Gasteiger charge is -2.27. The Morgan fingerprint density at radius 3 is 2.37 bits per heavy atom. The number of furan rings is 1. The molecule has 6 N–H and O–H groups in total. The van der Waals surface area contributed by atoms with Crippen molar-refractivity contribution in [3.8, 4) is 0 Å². The number of nitrogens with one attached hydrogen (secondary N) is 2. The van der Waals surface area contributed by atoms with Crippen LogP contribution in [0.3, 0.4) is 0 Å². The molecule has 60 heavy (non-hydrogen) atoms. The summed E-state index contributed by atoms with van der Waals surface area (Å²) in [5.74, 6) is -5.99. The third-order valence-corrected chi connectivity index (χ3v) is 11.5. The first-order valence-electron chi connectivity index (χ1n) is 20.0. The number of phosphoric acid groups is 1. The number of imidazole rings is 1. The average molecular weight is 857 g/mol. The number of hydrogen-bond donors (Lipinski definition) is 5. The zero-order valence-electron chi connectivity index (χ0n) is 34.4. The lowest BCUT2D eigenvalue weighted by Crippen LogP contribution is -2.52. The first kappa shape index (κ1) is 47.7. The number of ketones is 2. The van der Waals surface area contributed by atoms with Gasteiger partial charge in [0.1, 0.15) is 17.8 Å². The number of aliphatic hydroxyl groups excluding tert-OH is 1. The van der Waals surface area contributed by atoms with Gasteiger partial charge in [-0.2, -0.15) is 0 Å². The lowest BCUT2D eigenvalue weighted by atomic mass is 9.89. The van der Waals surface area contributed by atoms with Crippen LogP contribution < -0.4 is 16.4 Å². The van der Waals surface area contributed by atoms with Crippen LogP contribution in [0.15, 0.2) is 65.7 Å². The van der Waals surface area contributed by atoms with Crippen molar-refractivity contribution in [3.05, 3.63) is 78.3 Å². The number of aliphatic hydroxyl groups is 1. The van der Waals surface area contributed by atoms with Crippen molar-refractivity contribution in [1.82, 2.24) is 25.1 Å². The molecule has 4 rings (SSSR count). The second kappa shape index (κ2) is 22.6. The number of carbonyl (C=O) groups excluding carboxylic acids is 6. The van der Waals surface area contributed by atoms with Gasteiger partial charge in [0.05, 0.1) is 49.8 Å². The van der Waals surface area contributed by atoms with Crippen molar-refractivity contribution in [1.29, 1.82) is 0 Å². The number of primary amides is 1. The quantitative estimate of drug-likeness (QED) is 0.0769. The molecular formula is C41H57N6O12P. The highest BCUT2D eigenvalue weighted by Crippen LogP contribution is 2.46. The number of amides is 4. The molecule has 1 saturated heterocycles. The van der Waals surface area contributed by atoms with Gasteiger partial charge in [0, 0.05) is 57.6 Å². The summed E-state index contributed by atoms with van der Waals surface area (Å²) in [6, 6.07) is 9.47. The van der Waals surface area contributed by atoms with Gasteiger partial charge in [-0.25, -0.2) is 9.55 Å². The van der Waals surface area contributed by atoms with Gasteiger partial charge in [0.15, 0.2) is 11.6 Å². The highest BCUT2D eigenvalue weighted by molar-refractivity contribution is 7.47. The second-order valence-corrected chi connectivity index (χ2v) is 16.9. The number of likely N-dealkylation sites (tertiary alicyclic amines) is 1. The van der Waals surface area contributed by atoms with Crippen LogP contribution in [-0.4, -0.2) is 104 Å². The molecule has 1 aliphatic heterocycles. The van der Waals surface area contributed by atoms with E-state index < -0.39 is 86.2 Å². The second-order valence-electron chi connectivity index (χ2n) is 15.5. The van der Waals surface area contributed by atoms with Gasteiger partial charge in [-0.3, -0.25) is 37.8 Å². The fourth-order valence-electron chi connectivity index (χ4n) is 7.17. The summed E-state index contributed by atoms with van der Waals surface area (Å²) in [5.41, 5.74) is 7.12. The normalized spacial score (nSPS) is 17.6. The van der Waals surface area contributed by atoms with Crippen LogP contribution in [0.5, 0.6) is 0 Å². The number of nitrogens with two attached hydrogens (primary N) is 1. The number of aromatic nitrogens is 2.